The quantitative estimate of drug-likeness (QED) is 0.0888. The fourth-order valence-electron chi connectivity index (χ4n) is 9.98. The number of methoxy groups -OCH3 is 1. The first-order valence-electron chi connectivity index (χ1n) is 23.0. The van der Waals surface area contributed by atoms with Gasteiger partial charge < -0.3 is 39.9 Å². The van der Waals surface area contributed by atoms with Crippen LogP contribution in [0.15, 0.2) is 91.0 Å². The van der Waals surface area contributed by atoms with Crippen molar-refractivity contribution in [1.82, 2.24) is 40.4 Å². The van der Waals surface area contributed by atoms with Gasteiger partial charge in [0.25, 0.3) is 0 Å². The van der Waals surface area contributed by atoms with Crippen LogP contribution in [-0.4, -0.2) is 93.0 Å². The molecule has 1 saturated carbocycles. The molecule has 67 heavy (non-hydrogen) atoms. The van der Waals surface area contributed by atoms with Crippen molar-refractivity contribution in [3.05, 3.63) is 108 Å². The minimum atomic E-state index is -2.94. The predicted octanol–water partition coefficient (Wildman–Crippen LogP) is 8.85. The van der Waals surface area contributed by atoms with E-state index >= 15 is 0 Å². The number of hydrogen-bond donors (Lipinski definition) is 4. The minimum Gasteiger partial charge on any atom is -0.453 e. The highest BCUT2D eigenvalue weighted by Gasteiger charge is 2.43. The average Bonchev–Trinajstić information content (AvgIpc) is 3.67. The topological polar surface area (TPSA) is 175 Å². The maximum atomic E-state index is 14.6. The van der Waals surface area contributed by atoms with Crippen LogP contribution in [0.3, 0.4) is 0 Å². The largest absolute Gasteiger partial charge is 0.453 e. The summed E-state index contributed by atoms with van der Waals surface area (Å²) in [5, 5.41) is 9.61. The molecule has 3 fully saturated rings. The summed E-state index contributed by atoms with van der Waals surface area (Å²) in [7, 11) is 1.28. The first kappa shape index (κ1) is 43.9. The summed E-state index contributed by atoms with van der Waals surface area (Å²) < 4.78 is 36.0. The van der Waals surface area contributed by atoms with Crippen LogP contribution < -0.4 is 10.6 Å². The molecular formula is C51H52F2N8O6. The molecule has 1 aliphatic carbocycles. The van der Waals surface area contributed by atoms with Crippen molar-refractivity contribution in [1.29, 1.82) is 0 Å². The summed E-state index contributed by atoms with van der Waals surface area (Å²) in [5.74, 6) is -0.0574. The number of nitrogens with one attached hydrogen (secondary N) is 4. The maximum absolute atomic E-state index is 14.6. The fourth-order valence-corrected chi connectivity index (χ4v) is 9.98. The van der Waals surface area contributed by atoms with Gasteiger partial charge in [0.15, 0.2) is 0 Å². The smallest absolute Gasteiger partial charge is 0.407 e. The van der Waals surface area contributed by atoms with Gasteiger partial charge >= 0.3 is 12.7 Å². The van der Waals surface area contributed by atoms with E-state index < -0.39 is 30.8 Å². The first-order valence-corrected chi connectivity index (χ1v) is 23.0. The van der Waals surface area contributed by atoms with E-state index in [1.807, 2.05) is 55.1 Å². The van der Waals surface area contributed by atoms with Crippen LogP contribution in [0.4, 0.5) is 13.6 Å². The molecule has 14 nitrogen and oxygen atoms in total. The van der Waals surface area contributed by atoms with Crippen LogP contribution in [0.1, 0.15) is 81.3 Å². The molecule has 7 aromatic rings. The number of imidazole rings is 2. The van der Waals surface area contributed by atoms with E-state index in [0.717, 1.165) is 74.9 Å². The lowest BCUT2D eigenvalue weighted by Crippen LogP contribution is -2.51. The Balaban J connectivity index is 0.922. The van der Waals surface area contributed by atoms with Gasteiger partial charge in [-0.2, -0.15) is 8.78 Å². The van der Waals surface area contributed by atoms with E-state index in [2.05, 4.69) is 63.1 Å². The van der Waals surface area contributed by atoms with Crippen LogP contribution in [0.5, 0.6) is 0 Å². The zero-order valence-corrected chi connectivity index (χ0v) is 37.4. The Bertz CT molecular complexity index is 3020. The number of alkyl carbamates (subject to hydrolysis) is 1. The number of hydrogen-bond acceptors (Lipinski definition) is 8. The van der Waals surface area contributed by atoms with Gasteiger partial charge in [-0.3, -0.25) is 14.4 Å². The van der Waals surface area contributed by atoms with Crippen molar-refractivity contribution in [3.8, 4) is 11.1 Å². The van der Waals surface area contributed by atoms with E-state index in [9.17, 15) is 28.0 Å². The van der Waals surface area contributed by atoms with Crippen molar-refractivity contribution in [2.24, 2.45) is 17.8 Å². The van der Waals surface area contributed by atoms with Crippen molar-refractivity contribution in [2.45, 2.75) is 76.7 Å². The number of rotatable bonds is 13. The fraction of sp³-hybridized carbons (Fsp3) is 0.373. The van der Waals surface area contributed by atoms with Gasteiger partial charge in [0.05, 0.1) is 47.9 Å². The first-order chi connectivity index (χ1) is 32.4. The van der Waals surface area contributed by atoms with Crippen molar-refractivity contribution in [2.75, 3.05) is 26.8 Å². The van der Waals surface area contributed by atoms with Crippen LogP contribution in [0.25, 0.3) is 54.7 Å². The lowest BCUT2D eigenvalue weighted by atomic mass is 9.98. The number of aromatic amines is 2. The maximum Gasteiger partial charge on any atom is 0.407 e. The molecule has 16 heteroatoms. The van der Waals surface area contributed by atoms with Crippen molar-refractivity contribution < 1.29 is 37.4 Å². The second-order valence-corrected chi connectivity index (χ2v) is 18.4. The van der Waals surface area contributed by atoms with E-state index in [-0.39, 0.29) is 54.7 Å². The van der Waals surface area contributed by atoms with E-state index in [1.165, 1.54) is 7.11 Å². The Labute approximate surface area is 384 Å². The zero-order chi connectivity index (χ0) is 46.5. The number of benzene rings is 5. The molecule has 4 heterocycles. The molecule has 0 unspecified atom stereocenters. The summed E-state index contributed by atoms with van der Waals surface area (Å²) in [4.78, 5) is 73.9. The number of H-pyrrole nitrogens is 2. The molecule has 0 spiro atoms. The normalized spacial score (nSPS) is 19.5. The van der Waals surface area contributed by atoms with Crippen molar-refractivity contribution in [3.63, 3.8) is 0 Å². The minimum absolute atomic E-state index is 0.119. The molecule has 0 radical (unpaired) electrons. The summed E-state index contributed by atoms with van der Waals surface area (Å²) in [6.07, 6.45) is 2.83. The number of likely N-dealkylation sites (tertiary alicyclic amines) is 2. The Morgan fingerprint density at radius 1 is 0.761 bits per heavy atom. The molecule has 4 amide bonds. The van der Waals surface area contributed by atoms with Gasteiger partial charge in [-0.25, -0.2) is 14.8 Å². The highest BCUT2D eigenvalue weighted by molar-refractivity contribution is 6.07. The third-order valence-electron chi connectivity index (χ3n) is 13.6. The van der Waals surface area contributed by atoms with Crippen LogP contribution in [0, 0.1) is 17.8 Å². The van der Waals surface area contributed by atoms with E-state index in [0.29, 0.717) is 35.7 Å². The Morgan fingerprint density at radius 2 is 1.39 bits per heavy atom. The predicted molar refractivity (Wildman–Crippen MR) is 249 cm³/mol. The number of halogens is 2. The summed E-state index contributed by atoms with van der Waals surface area (Å²) >= 11 is 0. The van der Waals surface area contributed by atoms with Gasteiger partial charge in [-0.15, -0.1) is 0 Å². The number of aromatic nitrogens is 4. The zero-order valence-electron chi connectivity index (χ0n) is 37.4. The van der Waals surface area contributed by atoms with Crippen molar-refractivity contribution >= 4 is 67.4 Å². The highest BCUT2D eigenvalue weighted by Crippen LogP contribution is 2.40. The molecule has 2 aliphatic heterocycles. The van der Waals surface area contributed by atoms with Gasteiger partial charge in [0, 0.05) is 35.7 Å². The third kappa shape index (κ3) is 8.65. The summed E-state index contributed by atoms with van der Waals surface area (Å²) in [5.41, 5.74) is 5.84. The molecule has 2 saturated heterocycles. The standard InChI is InChI=1S/C51H52F2N8O6/c1-27(2)41(59-51(65)66-3)48(63)60-21-7-10-39(60)45-54-37-19-15-33-23-31(13-17-35(33)43(37)56-45)32-14-18-36-34(24-32)16-20-38-44(36)57-46(55-38)40-22-28(26-67-50(52)53)25-61(40)49(64)42(29-8-5-4-6-9-29)58-47(62)30-11-12-30/h4-6,8-9,13-20,23-24,27-28,30,39-42,50H,7,10-12,21-22,25-26H2,1-3H3,(H,54,56)(H,55,57)(H,58,62)(H,59,65)/t28-,39-,40-,41-,42+/m0/s1. The molecular weight excluding hydrogens is 859 g/mol. The van der Waals surface area contributed by atoms with Crippen LogP contribution in [-0.2, 0) is 23.9 Å². The Kier molecular flexibility index (Phi) is 11.8. The lowest BCUT2D eigenvalue weighted by Gasteiger charge is -2.29. The summed E-state index contributed by atoms with van der Waals surface area (Å²) in [6.45, 7) is 1.35. The number of fused-ring (bicyclic) bond motifs is 6. The molecule has 0 bridgehead atoms. The van der Waals surface area contributed by atoms with E-state index in [4.69, 9.17) is 19.4 Å². The number of nitrogens with zero attached hydrogens (tertiary/aromatic N) is 4. The molecule has 2 aromatic heterocycles. The molecule has 10 rings (SSSR count). The molecule has 4 N–H and O–H groups in total. The SMILES string of the molecule is COC(=O)N[C@H](C(=O)N1CCC[C@H]1c1nc2ccc3cc(-c4ccc5c(ccc6nc([C@@H]7C[C@H](COC(F)F)CN7C(=O)[C@H](NC(=O)C7CC7)c7ccccc7)[nH]c65)c4)ccc3c2[nH]1)C(C)C. The Hall–Kier alpha value is -6.94. The lowest BCUT2D eigenvalue weighted by molar-refractivity contribution is -0.140. The molecule has 5 aromatic carbocycles. The second kappa shape index (κ2) is 18.0. The second-order valence-electron chi connectivity index (χ2n) is 18.4. The number of alkyl halides is 2. The number of carbonyl (C=O) groups excluding carboxylic acids is 4. The molecule has 3 aliphatic rings. The summed E-state index contributed by atoms with van der Waals surface area (Å²) in [6, 6.07) is 27.2. The van der Waals surface area contributed by atoms with Crippen LogP contribution in [0.2, 0.25) is 0 Å². The van der Waals surface area contributed by atoms with Gasteiger partial charge in [-0.05, 0) is 89.8 Å². The van der Waals surface area contributed by atoms with Gasteiger partial charge in [0.2, 0.25) is 17.7 Å². The molecule has 346 valence electrons. The number of carbonyl (C=O) groups is 4. The Morgan fingerprint density at radius 3 is 1.97 bits per heavy atom. The van der Waals surface area contributed by atoms with E-state index in [1.54, 1.807) is 17.0 Å². The number of amides is 4. The van der Waals surface area contributed by atoms with Gasteiger partial charge in [-0.1, -0.05) is 80.6 Å². The van der Waals surface area contributed by atoms with Gasteiger partial charge in [0.1, 0.15) is 23.7 Å². The molecule has 5 atom stereocenters. The highest BCUT2D eigenvalue weighted by atomic mass is 19.3. The van der Waals surface area contributed by atoms with Crippen LogP contribution >= 0.6 is 0 Å². The average molecular weight is 911 g/mol. The number of ether oxygens (including phenoxy) is 2. The monoisotopic (exact) mass is 910 g/mol. The third-order valence-corrected chi connectivity index (χ3v) is 13.6.